The Morgan fingerprint density at radius 1 is 1.14 bits per heavy atom. The second-order valence-electron chi connectivity index (χ2n) is 9.81. The Kier molecular flexibility index (Phi) is 6.23. The van der Waals surface area contributed by atoms with Gasteiger partial charge in [0.15, 0.2) is 0 Å². The van der Waals surface area contributed by atoms with Crippen LogP contribution in [0, 0.1) is 17.3 Å². The summed E-state index contributed by atoms with van der Waals surface area (Å²) in [7, 11) is 0. The fourth-order valence-electron chi connectivity index (χ4n) is 5.75. The van der Waals surface area contributed by atoms with E-state index in [0.717, 1.165) is 22.3 Å². The Hall–Kier alpha value is -3.39. The maximum atomic E-state index is 13.0. The maximum absolute atomic E-state index is 13.0. The zero-order chi connectivity index (χ0) is 24.6. The summed E-state index contributed by atoms with van der Waals surface area (Å²) in [4.78, 5) is 39.1. The number of alkyl carbamates (subject to hydrolysis) is 1. The molecular weight excluding hydrogens is 448 g/mol. The van der Waals surface area contributed by atoms with E-state index in [2.05, 4.69) is 29.6 Å². The number of hydrogen-bond acceptors (Lipinski definition) is 5. The number of aliphatic carboxylic acids is 1. The molecule has 2 N–H and O–H groups in total. The molecule has 3 atom stereocenters. The van der Waals surface area contributed by atoms with Gasteiger partial charge in [0.05, 0.1) is 17.9 Å². The van der Waals surface area contributed by atoms with Crippen LogP contribution in [0.5, 0.6) is 0 Å². The Morgan fingerprint density at radius 2 is 1.80 bits per heavy atom. The number of amides is 2. The van der Waals surface area contributed by atoms with Crippen LogP contribution in [0.15, 0.2) is 48.5 Å². The summed E-state index contributed by atoms with van der Waals surface area (Å²) in [6.07, 6.45) is -0.166. The molecule has 0 aromatic heterocycles. The standard InChI is InChI=1S/C27H30N2O6/c1-17(24(30)29-13-18-14-34-11-10-27(18,16-29)25(31)32)12-28-26(33)35-15-23-21-8-4-2-6-19(21)20-7-3-5-9-22(20)23/h2-9,17-18,23H,10-16H2,1H3,(H,28,33)(H,31,32). The molecule has 0 bridgehead atoms. The predicted octanol–water partition coefficient (Wildman–Crippen LogP) is 3.11. The molecule has 1 aliphatic carbocycles. The molecular formula is C27H30N2O6. The average Bonchev–Trinajstić information content (AvgIpc) is 3.43. The second-order valence-corrected chi connectivity index (χ2v) is 9.81. The Morgan fingerprint density at radius 3 is 2.43 bits per heavy atom. The minimum absolute atomic E-state index is 0.0328. The van der Waals surface area contributed by atoms with E-state index in [1.807, 2.05) is 24.3 Å². The number of benzene rings is 2. The lowest BCUT2D eigenvalue weighted by atomic mass is 9.74. The number of fused-ring (bicyclic) bond motifs is 4. The molecule has 8 nitrogen and oxygen atoms in total. The minimum atomic E-state index is -0.937. The number of nitrogens with zero attached hydrogens (tertiary/aromatic N) is 1. The van der Waals surface area contributed by atoms with Gasteiger partial charge in [-0.1, -0.05) is 55.5 Å². The van der Waals surface area contributed by atoms with Crippen LogP contribution in [-0.4, -0.2) is 67.4 Å². The van der Waals surface area contributed by atoms with Gasteiger partial charge in [-0.2, -0.15) is 0 Å². The highest BCUT2D eigenvalue weighted by Crippen LogP contribution is 2.45. The van der Waals surface area contributed by atoms with E-state index in [9.17, 15) is 19.5 Å². The van der Waals surface area contributed by atoms with Crippen LogP contribution < -0.4 is 5.32 Å². The van der Waals surface area contributed by atoms with Crippen LogP contribution in [0.4, 0.5) is 4.79 Å². The molecule has 35 heavy (non-hydrogen) atoms. The van der Waals surface area contributed by atoms with Gasteiger partial charge in [0, 0.05) is 38.1 Å². The quantitative estimate of drug-likeness (QED) is 0.661. The molecule has 0 saturated carbocycles. The van der Waals surface area contributed by atoms with Crippen molar-refractivity contribution in [2.75, 3.05) is 39.5 Å². The van der Waals surface area contributed by atoms with Crippen molar-refractivity contribution in [3.8, 4) is 11.1 Å². The van der Waals surface area contributed by atoms with Crippen LogP contribution in [0.25, 0.3) is 11.1 Å². The highest BCUT2D eigenvalue weighted by molar-refractivity contribution is 5.83. The molecule has 2 saturated heterocycles. The fourth-order valence-corrected chi connectivity index (χ4v) is 5.75. The summed E-state index contributed by atoms with van der Waals surface area (Å²) in [6, 6.07) is 16.3. The highest BCUT2D eigenvalue weighted by atomic mass is 16.5. The van der Waals surface area contributed by atoms with Crippen molar-refractivity contribution in [3.63, 3.8) is 0 Å². The van der Waals surface area contributed by atoms with Gasteiger partial charge in [-0.25, -0.2) is 4.79 Å². The summed E-state index contributed by atoms with van der Waals surface area (Å²) >= 11 is 0. The van der Waals surface area contributed by atoms with Crippen molar-refractivity contribution < 1.29 is 29.0 Å². The molecule has 2 aromatic carbocycles. The maximum Gasteiger partial charge on any atom is 0.407 e. The number of likely N-dealkylation sites (tertiary alicyclic amines) is 1. The third kappa shape index (κ3) is 4.16. The number of carbonyl (C=O) groups excluding carboxylic acids is 2. The van der Waals surface area contributed by atoms with Crippen molar-refractivity contribution in [2.45, 2.75) is 19.3 Å². The van der Waals surface area contributed by atoms with Gasteiger partial charge in [0.25, 0.3) is 0 Å². The van der Waals surface area contributed by atoms with Crippen LogP contribution in [-0.2, 0) is 19.1 Å². The number of carbonyl (C=O) groups is 3. The first-order chi connectivity index (χ1) is 16.9. The predicted molar refractivity (Wildman–Crippen MR) is 128 cm³/mol. The van der Waals surface area contributed by atoms with Crippen molar-refractivity contribution in [2.24, 2.45) is 17.3 Å². The van der Waals surface area contributed by atoms with Crippen molar-refractivity contribution >= 4 is 18.0 Å². The van der Waals surface area contributed by atoms with E-state index in [1.165, 1.54) is 0 Å². The van der Waals surface area contributed by atoms with E-state index >= 15 is 0 Å². The third-order valence-electron chi connectivity index (χ3n) is 7.76. The van der Waals surface area contributed by atoms with Gasteiger partial charge in [0.1, 0.15) is 6.61 Å². The number of rotatable bonds is 6. The summed E-state index contributed by atoms with van der Waals surface area (Å²) in [5, 5.41) is 12.5. The Balaban J connectivity index is 1.15. The zero-order valence-corrected chi connectivity index (χ0v) is 19.7. The lowest BCUT2D eigenvalue weighted by Gasteiger charge is -2.33. The second kappa shape index (κ2) is 9.34. The third-order valence-corrected chi connectivity index (χ3v) is 7.76. The lowest BCUT2D eigenvalue weighted by molar-refractivity contribution is -0.157. The molecule has 2 fully saturated rings. The molecule has 184 valence electrons. The Bertz CT molecular complexity index is 1100. The van der Waals surface area contributed by atoms with Gasteiger partial charge in [0.2, 0.25) is 5.91 Å². The monoisotopic (exact) mass is 478 g/mol. The Labute approximate surface area is 204 Å². The van der Waals surface area contributed by atoms with Crippen LogP contribution >= 0.6 is 0 Å². The van der Waals surface area contributed by atoms with Crippen molar-refractivity contribution in [1.82, 2.24) is 10.2 Å². The van der Waals surface area contributed by atoms with Gasteiger partial charge < -0.3 is 24.8 Å². The molecule has 8 heteroatoms. The van der Waals surface area contributed by atoms with Gasteiger partial charge >= 0.3 is 12.1 Å². The zero-order valence-electron chi connectivity index (χ0n) is 19.7. The molecule has 2 amide bonds. The molecule has 3 aliphatic rings. The van der Waals surface area contributed by atoms with E-state index in [-0.39, 0.29) is 37.4 Å². The highest BCUT2D eigenvalue weighted by Gasteiger charge is 2.55. The summed E-state index contributed by atoms with van der Waals surface area (Å²) in [5.74, 6) is -1.78. The number of nitrogens with one attached hydrogen (secondary N) is 1. The average molecular weight is 479 g/mol. The number of ether oxygens (including phenoxy) is 2. The van der Waals surface area contributed by atoms with Crippen LogP contribution in [0.1, 0.15) is 30.4 Å². The van der Waals surface area contributed by atoms with Crippen LogP contribution in [0.3, 0.4) is 0 Å². The molecule has 2 aliphatic heterocycles. The fraction of sp³-hybridized carbons (Fsp3) is 0.444. The SMILES string of the molecule is CC(CNC(=O)OCC1c2ccccc2-c2ccccc21)C(=O)N1CC2COCCC2(C(=O)O)C1. The van der Waals surface area contributed by atoms with E-state index < -0.39 is 23.4 Å². The van der Waals surface area contributed by atoms with Crippen molar-refractivity contribution in [3.05, 3.63) is 59.7 Å². The van der Waals surface area contributed by atoms with Gasteiger partial charge in [-0.3, -0.25) is 9.59 Å². The molecule has 3 unspecified atom stereocenters. The number of hydrogen-bond donors (Lipinski definition) is 2. The van der Waals surface area contributed by atoms with Gasteiger partial charge in [-0.05, 0) is 28.7 Å². The smallest absolute Gasteiger partial charge is 0.407 e. The number of carboxylic acids is 1. The number of carboxylic acid groups (broad SMARTS) is 1. The first-order valence-electron chi connectivity index (χ1n) is 12.1. The minimum Gasteiger partial charge on any atom is -0.481 e. The van der Waals surface area contributed by atoms with Crippen molar-refractivity contribution in [1.29, 1.82) is 0 Å². The topological polar surface area (TPSA) is 105 Å². The molecule has 0 spiro atoms. The summed E-state index contributed by atoms with van der Waals surface area (Å²) in [6.45, 7) is 3.35. The van der Waals surface area contributed by atoms with E-state index in [4.69, 9.17) is 9.47 Å². The largest absolute Gasteiger partial charge is 0.481 e. The van der Waals surface area contributed by atoms with E-state index in [0.29, 0.717) is 26.2 Å². The van der Waals surface area contributed by atoms with Crippen LogP contribution in [0.2, 0.25) is 0 Å². The molecule has 2 aromatic rings. The molecule has 0 radical (unpaired) electrons. The first kappa shape index (κ1) is 23.4. The summed E-state index contributed by atoms with van der Waals surface area (Å²) < 4.78 is 11.0. The summed E-state index contributed by atoms with van der Waals surface area (Å²) in [5.41, 5.74) is 3.65. The first-order valence-corrected chi connectivity index (χ1v) is 12.1. The normalized spacial score (nSPS) is 23.7. The van der Waals surface area contributed by atoms with E-state index in [1.54, 1.807) is 11.8 Å². The molecule has 5 rings (SSSR count). The van der Waals surface area contributed by atoms with Gasteiger partial charge in [-0.15, -0.1) is 0 Å². The molecule has 2 heterocycles. The lowest BCUT2D eigenvalue weighted by Crippen LogP contribution is -2.45.